The first-order valence-corrected chi connectivity index (χ1v) is 9.63. The van der Waals surface area contributed by atoms with Crippen molar-refractivity contribution in [1.29, 1.82) is 0 Å². The van der Waals surface area contributed by atoms with E-state index in [-0.39, 0.29) is 5.41 Å². The first-order chi connectivity index (χ1) is 12.9. The molecule has 0 aromatic carbocycles. The van der Waals surface area contributed by atoms with E-state index in [1.165, 1.54) is 0 Å². The van der Waals surface area contributed by atoms with Crippen LogP contribution in [0.15, 0.2) is 24.5 Å². The average molecular weight is 365 g/mol. The Kier molecular flexibility index (Phi) is 4.63. The summed E-state index contributed by atoms with van der Waals surface area (Å²) < 4.78 is 1.95. The third kappa shape index (κ3) is 3.83. The van der Waals surface area contributed by atoms with Crippen LogP contribution in [-0.2, 0) is 12.0 Å². The summed E-state index contributed by atoms with van der Waals surface area (Å²) in [5.41, 5.74) is 3.89. The summed E-state index contributed by atoms with van der Waals surface area (Å²) in [6.45, 7) is 11.4. The second-order valence-corrected chi connectivity index (χ2v) is 8.50. The summed E-state index contributed by atoms with van der Waals surface area (Å²) in [6, 6.07) is 4.08. The van der Waals surface area contributed by atoms with Gasteiger partial charge in [0.05, 0.1) is 17.1 Å². The SMILES string of the molecule is Cc1cnc(CN2CCC(c3nnc4ccc(C(C)(C)C)nn34)CC2)cn1. The molecule has 0 saturated carbocycles. The van der Waals surface area contributed by atoms with Gasteiger partial charge in [0.25, 0.3) is 0 Å². The number of aromatic nitrogens is 6. The predicted octanol–water partition coefficient (Wildman–Crippen LogP) is 2.90. The third-order valence-electron chi connectivity index (χ3n) is 5.23. The molecule has 0 amide bonds. The zero-order chi connectivity index (χ0) is 19.0. The van der Waals surface area contributed by atoms with Crippen LogP contribution in [0.4, 0.5) is 0 Å². The van der Waals surface area contributed by atoms with Crippen LogP contribution < -0.4 is 0 Å². The molecule has 0 radical (unpaired) electrons. The second kappa shape index (κ2) is 6.96. The van der Waals surface area contributed by atoms with Crippen LogP contribution in [0.3, 0.4) is 0 Å². The molecule has 0 spiro atoms. The average Bonchev–Trinajstić information content (AvgIpc) is 3.07. The van der Waals surface area contributed by atoms with Gasteiger partial charge in [-0.2, -0.15) is 9.61 Å². The van der Waals surface area contributed by atoms with E-state index in [0.29, 0.717) is 5.92 Å². The molecule has 142 valence electrons. The zero-order valence-electron chi connectivity index (χ0n) is 16.6. The summed E-state index contributed by atoms with van der Waals surface area (Å²) in [4.78, 5) is 11.3. The smallest absolute Gasteiger partial charge is 0.177 e. The molecule has 0 bridgehead atoms. The molecule has 7 nitrogen and oxygen atoms in total. The quantitative estimate of drug-likeness (QED) is 0.711. The Bertz CT molecular complexity index is 916. The van der Waals surface area contributed by atoms with Crippen molar-refractivity contribution < 1.29 is 0 Å². The van der Waals surface area contributed by atoms with Crippen LogP contribution in [0.1, 0.15) is 62.4 Å². The highest BCUT2D eigenvalue weighted by molar-refractivity contribution is 5.37. The zero-order valence-corrected chi connectivity index (χ0v) is 16.6. The second-order valence-electron chi connectivity index (χ2n) is 8.50. The minimum absolute atomic E-state index is 0.00810. The Hall–Kier alpha value is -2.41. The molecule has 0 unspecified atom stereocenters. The first kappa shape index (κ1) is 18.0. The molecule has 1 saturated heterocycles. The number of rotatable bonds is 3. The van der Waals surface area contributed by atoms with E-state index >= 15 is 0 Å². The van der Waals surface area contributed by atoms with Crippen molar-refractivity contribution in [3.63, 3.8) is 0 Å². The van der Waals surface area contributed by atoms with E-state index in [1.54, 1.807) is 0 Å². The lowest BCUT2D eigenvalue weighted by molar-refractivity contribution is 0.198. The van der Waals surface area contributed by atoms with Crippen LogP contribution in [0.5, 0.6) is 0 Å². The van der Waals surface area contributed by atoms with E-state index in [4.69, 9.17) is 5.10 Å². The van der Waals surface area contributed by atoms with E-state index in [2.05, 4.69) is 51.9 Å². The van der Waals surface area contributed by atoms with E-state index < -0.39 is 0 Å². The van der Waals surface area contributed by atoms with E-state index in [0.717, 1.165) is 61.0 Å². The number of nitrogens with zero attached hydrogens (tertiary/aromatic N) is 7. The van der Waals surface area contributed by atoms with Crippen molar-refractivity contribution in [2.24, 2.45) is 0 Å². The van der Waals surface area contributed by atoms with Gasteiger partial charge in [0.2, 0.25) is 0 Å². The first-order valence-electron chi connectivity index (χ1n) is 9.63. The van der Waals surface area contributed by atoms with Crippen LogP contribution in [-0.4, -0.2) is 47.8 Å². The maximum Gasteiger partial charge on any atom is 0.177 e. The molecule has 4 rings (SSSR count). The van der Waals surface area contributed by atoms with Crippen molar-refractivity contribution in [2.45, 2.75) is 58.4 Å². The van der Waals surface area contributed by atoms with Crippen molar-refractivity contribution in [3.05, 3.63) is 47.4 Å². The normalized spacial score (nSPS) is 16.9. The molecular formula is C20H27N7. The summed E-state index contributed by atoms with van der Waals surface area (Å²) in [5, 5.41) is 13.6. The van der Waals surface area contributed by atoms with Crippen LogP contribution in [0, 0.1) is 6.92 Å². The van der Waals surface area contributed by atoms with Crippen LogP contribution in [0.25, 0.3) is 5.65 Å². The number of hydrogen-bond donors (Lipinski definition) is 0. The summed E-state index contributed by atoms with van der Waals surface area (Å²) in [6.07, 6.45) is 5.83. The topological polar surface area (TPSA) is 72.1 Å². The highest BCUT2D eigenvalue weighted by Crippen LogP contribution is 2.28. The molecule has 0 atom stereocenters. The fourth-order valence-electron chi connectivity index (χ4n) is 3.54. The lowest BCUT2D eigenvalue weighted by atomic mass is 9.92. The van der Waals surface area contributed by atoms with Gasteiger partial charge in [-0.15, -0.1) is 10.2 Å². The fraction of sp³-hybridized carbons (Fsp3) is 0.550. The van der Waals surface area contributed by atoms with Crippen molar-refractivity contribution in [1.82, 2.24) is 34.7 Å². The molecule has 3 aromatic heterocycles. The number of fused-ring (bicyclic) bond motifs is 1. The number of likely N-dealkylation sites (tertiary alicyclic amines) is 1. The molecule has 0 aliphatic carbocycles. The Labute approximate surface area is 159 Å². The van der Waals surface area contributed by atoms with Gasteiger partial charge in [-0.05, 0) is 45.0 Å². The minimum atomic E-state index is 0.00810. The summed E-state index contributed by atoms with van der Waals surface area (Å²) >= 11 is 0. The predicted molar refractivity (Wildman–Crippen MR) is 104 cm³/mol. The van der Waals surface area contributed by atoms with Gasteiger partial charge in [0.1, 0.15) is 0 Å². The van der Waals surface area contributed by atoms with Gasteiger partial charge >= 0.3 is 0 Å². The van der Waals surface area contributed by atoms with Crippen LogP contribution in [0.2, 0.25) is 0 Å². The van der Waals surface area contributed by atoms with Gasteiger partial charge in [0.15, 0.2) is 11.5 Å². The lowest BCUT2D eigenvalue weighted by Crippen LogP contribution is -2.33. The minimum Gasteiger partial charge on any atom is -0.297 e. The maximum atomic E-state index is 4.84. The number of piperidine rings is 1. The maximum absolute atomic E-state index is 4.84. The molecular weight excluding hydrogens is 338 g/mol. The van der Waals surface area contributed by atoms with Crippen molar-refractivity contribution in [2.75, 3.05) is 13.1 Å². The molecule has 1 aliphatic rings. The van der Waals surface area contributed by atoms with E-state index in [1.807, 2.05) is 29.9 Å². The highest BCUT2D eigenvalue weighted by Gasteiger charge is 2.26. The molecule has 7 heteroatoms. The van der Waals surface area contributed by atoms with Gasteiger partial charge in [0, 0.05) is 30.3 Å². The largest absolute Gasteiger partial charge is 0.297 e. The van der Waals surface area contributed by atoms with Crippen LogP contribution >= 0.6 is 0 Å². The van der Waals surface area contributed by atoms with Gasteiger partial charge in [-0.3, -0.25) is 14.9 Å². The monoisotopic (exact) mass is 365 g/mol. The standard InChI is InChI=1S/C20H27N7/c1-14-11-22-16(12-21-14)13-26-9-7-15(8-10-26)19-24-23-18-6-5-17(20(2,3)4)25-27(18)19/h5-6,11-12,15H,7-10,13H2,1-4H3. The van der Waals surface area contributed by atoms with Gasteiger partial charge < -0.3 is 0 Å². The Balaban J connectivity index is 1.47. The molecule has 0 N–H and O–H groups in total. The number of aryl methyl sites for hydroxylation is 1. The van der Waals surface area contributed by atoms with Gasteiger partial charge in [-0.1, -0.05) is 20.8 Å². The molecule has 27 heavy (non-hydrogen) atoms. The third-order valence-corrected chi connectivity index (χ3v) is 5.23. The molecule has 1 aliphatic heterocycles. The summed E-state index contributed by atoms with van der Waals surface area (Å²) in [5.74, 6) is 1.38. The van der Waals surface area contributed by atoms with E-state index in [9.17, 15) is 0 Å². The molecule has 3 aromatic rings. The van der Waals surface area contributed by atoms with Crippen molar-refractivity contribution in [3.8, 4) is 0 Å². The van der Waals surface area contributed by atoms with Gasteiger partial charge in [-0.25, -0.2) is 0 Å². The number of hydrogen-bond acceptors (Lipinski definition) is 6. The molecule has 4 heterocycles. The Morgan fingerprint density at radius 3 is 2.48 bits per heavy atom. The lowest BCUT2D eigenvalue weighted by Gasteiger charge is -2.30. The highest BCUT2D eigenvalue weighted by atomic mass is 15.4. The Morgan fingerprint density at radius 1 is 1.04 bits per heavy atom. The summed E-state index contributed by atoms with van der Waals surface area (Å²) in [7, 11) is 0. The Morgan fingerprint density at radius 2 is 1.81 bits per heavy atom. The van der Waals surface area contributed by atoms with Crippen molar-refractivity contribution >= 4 is 5.65 Å². The fourth-order valence-corrected chi connectivity index (χ4v) is 3.54. The molecule has 1 fully saturated rings.